The maximum absolute atomic E-state index is 13.0. The van der Waals surface area contributed by atoms with Crippen LogP contribution in [-0.4, -0.2) is 35.1 Å². The lowest BCUT2D eigenvalue weighted by Crippen LogP contribution is -2.31. The fourth-order valence-electron chi connectivity index (χ4n) is 3.84. The normalized spacial score (nSPS) is 12.6. The van der Waals surface area contributed by atoms with Crippen molar-refractivity contribution in [2.45, 2.75) is 27.2 Å². The molecule has 4 amide bonds. The van der Waals surface area contributed by atoms with Crippen molar-refractivity contribution in [3.05, 3.63) is 94.5 Å². The molecule has 1 heterocycles. The van der Waals surface area contributed by atoms with Gasteiger partial charge in [0.1, 0.15) is 0 Å². The smallest absolute Gasteiger partial charge is 0.261 e. The number of carbonyl (C=O) groups is 4. The van der Waals surface area contributed by atoms with Gasteiger partial charge in [0.15, 0.2) is 0 Å². The van der Waals surface area contributed by atoms with E-state index in [0.29, 0.717) is 23.4 Å². The molecule has 1 aliphatic heterocycles. The molecule has 0 saturated carbocycles. The van der Waals surface area contributed by atoms with E-state index in [-0.39, 0.29) is 35.4 Å². The molecule has 2 N–H and O–H groups in total. The lowest BCUT2D eigenvalue weighted by Gasteiger charge is -2.13. The van der Waals surface area contributed by atoms with E-state index in [1.807, 2.05) is 37.3 Å². The van der Waals surface area contributed by atoms with Crippen molar-refractivity contribution in [3.63, 3.8) is 0 Å². The summed E-state index contributed by atoms with van der Waals surface area (Å²) in [6.07, 6.45) is 0.558. The number of anilines is 2. The molecule has 7 nitrogen and oxygen atoms in total. The average Bonchev–Trinajstić information content (AvgIpc) is 3.09. The number of benzene rings is 3. The first-order valence-electron chi connectivity index (χ1n) is 11.5. The molecular weight excluding hydrogens is 442 g/mol. The summed E-state index contributed by atoms with van der Waals surface area (Å²) in [5.41, 5.74) is 3.77. The molecule has 4 rings (SSSR count). The van der Waals surface area contributed by atoms with Gasteiger partial charge in [0.25, 0.3) is 17.7 Å². The molecule has 7 heteroatoms. The summed E-state index contributed by atoms with van der Waals surface area (Å²) in [7, 11) is 0. The van der Waals surface area contributed by atoms with Crippen molar-refractivity contribution in [2.75, 3.05) is 17.2 Å². The lowest BCUT2D eigenvalue weighted by molar-refractivity contribution is -0.118. The number of rotatable bonds is 7. The number of hydrogen-bond donors (Lipinski definition) is 2. The van der Waals surface area contributed by atoms with Gasteiger partial charge in [-0.3, -0.25) is 24.1 Å². The maximum atomic E-state index is 13.0. The summed E-state index contributed by atoms with van der Waals surface area (Å²) in [4.78, 5) is 52.0. The van der Waals surface area contributed by atoms with Gasteiger partial charge < -0.3 is 10.6 Å². The fraction of sp³-hybridized carbons (Fsp3) is 0.214. The van der Waals surface area contributed by atoms with Crippen LogP contribution < -0.4 is 10.6 Å². The first kappa shape index (κ1) is 23.9. The Bertz CT molecular complexity index is 1320. The second-order valence-electron chi connectivity index (χ2n) is 8.89. The summed E-state index contributed by atoms with van der Waals surface area (Å²) in [5, 5.41) is 5.66. The van der Waals surface area contributed by atoms with Crippen LogP contribution in [-0.2, 0) is 11.2 Å². The number of hydrogen-bond acceptors (Lipinski definition) is 4. The Morgan fingerprint density at radius 2 is 1.57 bits per heavy atom. The Hall–Kier alpha value is -4.26. The van der Waals surface area contributed by atoms with Crippen molar-refractivity contribution in [1.82, 2.24) is 4.90 Å². The number of carbonyl (C=O) groups excluding carboxylic acids is 4. The van der Waals surface area contributed by atoms with Crippen LogP contribution in [0.2, 0.25) is 0 Å². The van der Waals surface area contributed by atoms with Gasteiger partial charge in [-0.25, -0.2) is 0 Å². The molecule has 0 spiro atoms. The van der Waals surface area contributed by atoms with Gasteiger partial charge in [-0.2, -0.15) is 0 Å². The molecule has 3 aromatic rings. The minimum absolute atomic E-state index is 0.121. The molecule has 0 saturated heterocycles. The molecule has 0 aliphatic carbocycles. The Morgan fingerprint density at radius 3 is 2.29 bits per heavy atom. The van der Waals surface area contributed by atoms with Crippen molar-refractivity contribution in [2.24, 2.45) is 5.92 Å². The molecule has 35 heavy (non-hydrogen) atoms. The monoisotopic (exact) mass is 469 g/mol. The van der Waals surface area contributed by atoms with Gasteiger partial charge in [-0.15, -0.1) is 0 Å². The first-order valence-corrected chi connectivity index (χ1v) is 11.5. The zero-order valence-electron chi connectivity index (χ0n) is 19.9. The predicted molar refractivity (Wildman–Crippen MR) is 135 cm³/mol. The molecule has 0 radical (unpaired) electrons. The Morgan fingerprint density at radius 1 is 0.857 bits per heavy atom. The van der Waals surface area contributed by atoms with Gasteiger partial charge in [-0.05, 0) is 54.8 Å². The van der Waals surface area contributed by atoms with Crippen molar-refractivity contribution in [1.29, 1.82) is 0 Å². The minimum Gasteiger partial charge on any atom is -0.326 e. The molecule has 3 aromatic carbocycles. The predicted octanol–water partition coefficient (Wildman–Crippen LogP) is 4.68. The highest BCUT2D eigenvalue weighted by Gasteiger charge is 2.35. The number of nitrogens with one attached hydrogen (secondary N) is 2. The topological polar surface area (TPSA) is 95.6 Å². The van der Waals surface area contributed by atoms with Crippen LogP contribution in [0, 0.1) is 12.8 Å². The summed E-state index contributed by atoms with van der Waals surface area (Å²) >= 11 is 0. The van der Waals surface area contributed by atoms with Crippen molar-refractivity contribution >= 4 is 35.0 Å². The van der Waals surface area contributed by atoms with Crippen LogP contribution in [0.4, 0.5) is 11.4 Å². The zero-order valence-corrected chi connectivity index (χ0v) is 19.9. The molecule has 0 fully saturated rings. The summed E-state index contributed by atoms with van der Waals surface area (Å²) in [5.74, 6) is -1.45. The lowest BCUT2D eigenvalue weighted by atomic mass is 10.0. The van der Waals surface area contributed by atoms with Crippen molar-refractivity contribution < 1.29 is 19.2 Å². The Labute approximate surface area is 204 Å². The molecule has 178 valence electrons. The SMILES string of the molecule is Cc1ccc(NC(=O)C(C)C)cc1NC(=O)c1ccc2c(c1)C(=O)N(CCc1ccccc1)C2=O. The van der Waals surface area contributed by atoms with Gasteiger partial charge in [0.05, 0.1) is 11.1 Å². The van der Waals surface area contributed by atoms with Gasteiger partial charge in [0, 0.05) is 29.4 Å². The summed E-state index contributed by atoms with van der Waals surface area (Å²) in [6, 6.07) is 19.5. The van der Waals surface area contributed by atoms with E-state index in [1.165, 1.54) is 17.0 Å². The van der Waals surface area contributed by atoms with E-state index < -0.39 is 11.8 Å². The molecule has 1 aliphatic rings. The van der Waals surface area contributed by atoms with Crippen LogP contribution >= 0.6 is 0 Å². The number of aryl methyl sites for hydroxylation is 1. The molecule has 0 bridgehead atoms. The van der Waals surface area contributed by atoms with E-state index in [2.05, 4.69) is 10.6 Å². The highest BCUT2D eigenvalue weighted by atomic mass is 16.2. The molecular formula is C28H27N3O4. The first-order chi connectivity index (χ1) is 16.7. The Balaban J connectivity index is 1.49. The van der Waals surface area contributed by atoms with E-state index >= 15 is 0 Å². The van der Waals surface area contributed by atoms with Crippen molar-refractivity contribution in [3.8, 4) is 0 Å². The largest absolute Gasteiger partial charge is 0.326 e. The Kier molecular flexibility index (Phi) is 6.78. The number of fused-ring (bicyclic) bond motifs is 1. The highest BCUT2D eigenvalue weighted by Crippen LogP contribution is 2.26. The second kappa shape index (κ2) is 9.93. The van der Waals surface area contributed by atoms with E-state index in [4.69, 9.17) is 0 Å². The maximum Gasteiger partial charge on any atom is 0.261 e. The van der Waals surface area contributed by atoms with Crippen LogP contribution in [0.15, 0.2) is 66.7 Å². The summed E-state index contributed by atoms with van der Waals surface area (Å²) < 4.78 is 0. The fourth-order valence-corrected chi connectivity index (χ4v) is 3.84. The zero-order chi connectivity index (χ0) is 25.1. The van der Waals surface area contributed by atoms with Gasteiger partial charge >= 0.3 is 0 Å². The number of nitrogens with zero attached hydrogens (tertiary/aromatic N) is 1. The van der Waals surface area contributed by atoms with Gasteiger partial charge in [-0.1, -0.05) is 50.2 Å². The molecule has 0 unspecified atom stereocenters. The average molecular weight is 470 g/mol. The van der Waals surface area contributed by atoms with Crippen LogP contribution in [0.1, 0.15) is 56.0 Å². The van der Waals surface area contributed by atoms with Crippen LogP contribution in [0.5, 0.6) is 0 Å². The molecule has 0 aromatic heterocycles. The highest BCUT2D eigenvalue weighted by molar-refractivity contribution is 6.22. The standard InChI is InChI=1S/C28H27N3O4/c1-17(2)25(32)29-21-11-9-18(3)24(16-21)30-26(33)20-10-12-22-23(15-20)28(35)31(27(22)34)14-13-19-7-5-4-6-8-19/h4-12,15-17H,13-14H2,1-3H3,(H,29,32)(H,30,33). The summed E-state index contributed by atoms with van der Waals surface area (Å²) in [6.45, 7) is 5.72. The second-order valence-corrected chi connectivity index (χ2v) is 8.89. The van der Waals surface area contributed by atoms with E-state index in [9.17, 15) is 19.2 Å². The molecule has 0 atom stereocenters. The third-order valence-electron chi connectivity index (χ3n) is 5.98. The van der Waals surface area contributed by atoms with Gasteiger partial charge in [0.2, 0.25) is 5.91 Å². The quantitative estimate of drug-likeness (QED) is 0.491. The van der Waals surface area contributed by atoms with E-state index in [1.54, 1.807) is 38.1 Å². The minimum atomic E-state index is -0.411. The van der Waals surface area contributed by atoms with Crippen LogP contribution in [0.25, 0.3) is 0 Å². The third-order valence-corrected chi connectivity index (χ3v) is 5.98. The van der Waals surface area contributed by atoms with Crippen LogP contribution in [0.3, 0.4) is 0 Å². The third kappa shape index (κ3) is 5.14. The van der Waals surface area contributed by atoms with E-state index in [0.717, 1.165) is 11.1 Å². The number of amides is 4. The number of imide groups is 1.